The molecule has 0 radical (unpaired) electrons. The Bertz CT molecular complexity index is 7680. The highest BCUT2D eigenvalue weighted by atomic mass is 35.5. The normalized spacial score (nSPS) is 15.8. The maximum Gasteiger partial charge on any atom is 0.586 e. The van der Waals surface area contributed by atoms with Crippen molar-refractivity contribution in [3.05, 3.63) is 281 Å². The number of halogens is 9. The van der Waals surface area contributed by atoms with Gasteiger partial charge in [0.1, 0.15) is 48.8 Å². The Kier molecular flexibility index (Phi) is 29.4. The van der Waals surface area contributed by atoms with Crippen molar-refractivity contribution in [3.8, 4) is 103 Å². The smallest absolute Gasteiger partial charge is 0.480 e. The van der Waals surface area contributed by atoms with Crippen molar-refractivity contribution in [3.63, 3.8) is 0 Å². The molecule has 764 valence electrons. The molecule has 0 unspecified atom stereocenters. The topological polar surface area (TPSA) is 533 Å². The van der Waals surface area contributed by atoms with E-state index < -0.39 is 88.3 Å². The van der Waals surface area contributed by atoms with E-state index in [4.69, 9.17) is 27.2 Å². The predicted octanol–water partition coefficient (Wildman–Crippen LogP) is 13.0. The largest absolute Gasteiger partial charge is 0.586 e. The van der Waals surface area contributed by atoms with Gasteiger partial charge in [0, 0.05) is 71.3 Å². The summed E-state index contributed by atoms with van der Waals surface area (Å²) in [4.78, 5) is 165. The summed E-state index contributed by atoms with van der Waals surface area (Å²) in [6.45, 7) is 6.22. The molecule has 0 saturated heterocycles. The number of nitrogens with one attached hydrogen (secondary N) is 6. The fourth-order valence-corrected chi connectivity index (χ4v) is 16.3. The molecule has 4 aliphatic heterocycles. The first-order valence-corrected chi connectivity index (χ1v) is 45.1. The molecule has 148 heavy (non-hydrogen) atoms. The lowest BCUT2D eigenvalue weighted by Crippen LogP contribution is -2.29. The molecule has 8 aliphatic rings. The standard InChI is InChI=1S/C25H19F2N5O5.C25H21F2N3O6.C24H19F2N3O6.C22H17F2N3O4.C3H5ClO2.CH2N2/c1-14-2-6-19(30-22(14)15-3-7-21(34)32(11-15)12-20(33)29-13-28)31-23(35)24(8-9-24)16-4-5-17-18(10-16)37-25(26,27)36-17;1-14-3-7-19(28-22(14)15-4-8-20(31)30(12-15)13-21(32)34-2)29-23(33)24(9-10-24)16-5-6-17-18(11-16)36-25(26,27)35-17;1-13-2-6-18(27-21(13)14-3-7-19(30)29(11-14)12-20(31)32)28-22(33)23(8-9-23)15-4-5-16-17(10-15)35-24(25,26)34-16;1-12-2-6-17(26-19(12)13-3-7-18(28)25-11-13)27-20(29)21(8-9-21)14-4-5-15-16(10-14)31-22(23,24)30-15;1-6-3(5)2-4;2-1-3/h2-7,10-11H,8-9,12H2,1H3,(H,29,33)(H,30,31,35);3-8,11-12H,9-10,13H2,1-2H3,(H,28,29,33);2-7,10-11H,8-9,12H2,1H3,(H,31,32)(H,27,28,33);2-7,10-11H,8-9H2,1H3,(H,25,28)(H,26,27,29);2H2,1H3;2H2. The predicted molar refractivity (Wildman–Crippen MR) is 506 cm³/mol. The number of amides is 5. The number of nitriles is 2. The second-order valence-electron chi connectivity index (χ2n) is 34.5. The van der Waals surface area contributed by atoms with Crippen LogP contribution in [0.2, 0.25) is 0 Å². The van der Waals surface area contributed by atoms with Crippen LogP contribution in [0.25, 0.3) is 45.0 Å². The summed E-state index contributed by atoms with van der Waals surface area (Å²) >= 11 is 4.98. The van der Waals surface area contributed by atoms with Crippen molar-refractivity contribution in [2.45, 2.75) is 146 Å². The molecule has 0 bridgehead atoms. The first-order chi connectivity index (χ1) is 70.2. The third-order valence-corrected chi connectivity index (χ3v) is 24.6. The number of ether oxygens (including phenoxy) is 10. The van der Waals surface area contributed by atoms with E-state index in [9.17, 15) is 92.7 Å². The van der Waals surface area contributed by atoms with Gasteiger partial charge in [0.15, 0.2) is 58.4 Å². The quantitative estimate of drug-likeness (QED) is 0.00969. The lowest BCUT2D eigenvalue weighted by atomic mass is 9.94. The Morgan fingerprint density at radius 1 is 0.399 bits per heavy atom. The van der Waals surface area contributed by atoms with Gasteiger partial charge in [-0.2, -0.15) is 10.5 Å². The maximum atomic E-state index is 13.4. The zero-order valence-corrected chi connectivity index (χ0v) is 79.1. The number of carbonyl (C=O) groups is 8. The average Bonchev–Trinajstić information content (AvgIpc) is 1.59. The molecule has 0 atom stereocenters. The van der Waals surface area contributed by atoms with Crippen LogP contribution >= 0.6 is 11.6 Å². The van der Waals surface area contributed by atoms with Gasteiger partial charge in [0.25, 0.3) is 22.6 Å². The number of carboxylic acids is 1. The highest BCUT2D eigenvalue weighted by Crippen LogP contribution is 2.57. The summed E-state index contributed by atoms with van der Waals surface area (Å²) in [5.41, 5.74) is 8.89. The van der Waals surface area contributed by atoms with Crippen molar-refractivity contribution >= 4 is 82.3 Å². The second kappa shape index (κ2) is 41.7. The minimum atomic E-state index is -3.75. The molecule has 4 aliphatic carbocycles. The number of aliphatic carboxylic acids is 1. The molecule has 39 nitrogen and oxygen atoms in total. The van der Waals surface area contributed by atoms with Crippen molar-refractivity contribution < 1.29 is 126 Å². The molecular formula is C100H83ClF8N16O23. The number of hydrogen-bond acceptors (Lipinski definition) is 29. The summed E-state index contributed by atoms with van der Waals surface area (Å²) in [6.07, 6.45) is -1.94. The first-order valence-electron chi connectivity index (χ1n) is 44.5. The van der Waals surface area contributed by atoms with Crippen LogP contribution < -0.4 is 92.4 Å². The van der Waals surface area contributed by atoms with Gasteiger partial charge in [0.2, 0.25) is 29.2 Å². The summed E-state index contributed by atoms with van der Waals surface area (Å²) in [5.74, 6) is -3.76. The Morgan fingerprint density at radius 2 is 0.669 bits per heavy atom. The molecule has 20 rings (SSSR count). The van der Waals surface area contributed by atoms with Gasteiger partial charge in [-0.3, -0.25) is 62.9 Å². The van der Waals surface area contributed by atoms with E-state index in [0.717, 1.165) is 31.4 Å². The van der Waals surface area contributed by atoms with Crippen LogP contribution in [-0.2, 0) is 89.1 Å². The van der Waals surface area contributed by atoms with Crippen LogP contribution in [0.15, 0.2) is 214 Å². The first kappa shape index (κ1) is 104. The summed E-state index contributed by atoms with van der Waals surface area (Å²) in [5, 5.41) is 37.9. The molecule has 4 fully saturated rings. The second-order valence-corrected chi connectivity index (χ2v) is 34.7. The molecule has 12 heterocycles. The lowest BCUT2D eigenvalue weighted by Gasteiger charge is -2.17. The number of nitrogens with two attached hydrogens (primary N) is 1. The fraction of sp³-hybridized carbons (Fsp3) is 0.260. The number of carbonyl (C=O) groups excluding carboxylic acids is 7. The monoisotopic (exact) mass is 2060 g/mol. The van der Waals surface area contributed by atoms with Gasteiger partial charge >= 0.3 is 43.1 Å². The van der Waals surface area contributed by atoms with Crippen molar-refractivity contribution in [2.75, 3.05) is 41.4 Å². The van der Waals surface area contributed by atoms with Gasteiger partial charge in [-0.05, 0) is 221 Å². The van der Waals surface area contributed by atoms with E-state index in [0.29, 0.717) is 124 Å². The molecule has 0 spiro atoms. The van der Waals surface area contributed by atoms with Crippen LogP contribution in [0.3, 0.4) is 0 Å². The molecule has 48 heteroatoms. The summed E-state index contributed by atoms with van der Waals surface area (Å²) in [6, 6.07) is 42.7. The number of aromatic nitrogens is 8. The number of alkyl halides is 9. The fourth-order valence-electron chi connectivity index (χ4n) is 16.2. The van der Waals surface area contributed by atoms with E-state index in [1.54, 1.807) is 105 Å². The molecule has 5 amide bonds. The molecule has 4 saturated carbocycles. The van der Waals surface area contributed by atoms with E-state index in [2.05, 4.69) is 99.3 Å². The number of nitrogens with zero attached hydrogens (tertiary/aromatic N) is 9. The van der Waals surface area contributed by atoms with E-state index in [-0.39, 0.29) is 117 Å². The molecule has 8 aromatic heterocycles. The minimum Gasteiger partial charge on any atom is -0.480 e. The Labute approximate surface area is 835 Å². The van der Waals surface area contributed by atoms with Crippen LogP contribution in [0, 0.1) is 50.6 Å². The molecule has 4 aromatic carbocycles. The number of anilines is 4. The summed E-state index contributed by atoms with van der Waals surface area (Å²) in [7, 11) is 2.53. The minimum absolute atomic E-state index is 0.0590. The van der Waals surface area contributed by atoms with Crippen LogP contribution in [0.5, 0.6) is 46.0 Å². The van der Waals surface area contributed by atoms with E-state index >= 15 is 0 Å². The van der Waals surface area contributed by atoms with Crippen LogP contribution in [0.1, 0.15) is 95.9 Å². The van der Waals surface area contributed by atoms with Gasteiger partial charge < -0.3 is 98.2 Å². The van der Waals surface area contributed by atoms with Gasteiger partial charge in [-0.15, -0.1) is 46.7 Å². The number of rotatable bonds is 23. The number of carboxylic acid groups (broad SMARTS) is 1. The molecular weight excluding hydrogens is 1980 g/mol. The zero-order chi connectivity index (χ0) is 106. The number of aryl methyl sites for hydroxylation is 4. The van der Waals surface area contributed by atoms with Crippen LogP contribution in [0.4, 0.5) is 58.4 Å². The number of H-pyrrole nitrogens is 1. The number of methoxy groups -OCH3 is 2. The number of aromatic amines is 1. The van der Waals surface area contributed by atoms with Crippen molar-refractivity contribution in [2.24, 2.45) is 5.73 Å². The van der Waals surface area contributed by atoms with E-state index in [1.807, 2.05) is 25.2 Å². The van der Waals surface area contributed by atoms with Gasteiger partial charge in [0.05, 0.1) is 58.7 Å². The Hall–Kier alpha value is -18.1. The number of benzene rings is 4. The number of hydrogen-bond donors (Lipinski definition) is 8. The van der Waals surface area contributed by atoms with Crippen molar-refractivity contribution in [1.82, 2.24) is 43.9 Å². The van der Waals surface area contributed by atoms with Gasteiger partial charge in [-0.1, -0.05) is 48.5 Å². The molecule has 9 N–H and O–H groups in total. The third kappa shape index (κ3) is 23.5. The number of esters is 2. The number of pyridine rings is 8. The SMILES string of the molecule is COC(=O)CCl.COC(=O)Cn1cc(-c2nc(NC(=O)C3(c4ccc5c(c4)OC(F)(F)O5)CC3)ccc2C)ccc1=O.Cc1ccc(NC(=O)C2(c3ccc4c(c3)OC(F)(F)O4)CC2)nc1-c1ccc(=O)[nH]c1.Cc1ccc(NC(=O)C2(c3ccc4c(c3)OC(F)(F)O4)CC2)nc1-c1ccc(=O)n(CC(=O)NC#N)c1.Cc1ccc(NC(=O)C2(c3ccc4c(c3)OC(F)(F)O4)CC2)nc1-c1ccc(=O)n(CC(=O)O)c1.N#CN. The lowest BCUT2D eigenvalue weighted by molar-refractivity contribution is -0.287. The highest BCUT2D eigenvalue weighted by Gasteiger charge is 2.57. The molecule has 12 aromatic rings. The maximum absolute atomic E-state index is 13.4. The zero-order valence-electron chi connectivity index (χ0n) is 78.4. The van der Waals surface area contributed by atoms with Crippen molar-refractivity contribution in [1.29, 1.82) is 10.5 Å². The van der Waals surface area contributed by atoms with E-state index in [1.165, 1.54) is 129 Å². The Morgan fingerprint density at radius 3 is 0.919 bits per heavy atom. The summed E-state index contributed by atoms with van der Waals surface area (Å²) < 4.78 is 155. The van der Waals surface area contributed by atoms with Crippen LogP contribution in [-0.4, -0.2) is 136 Å². The third-order valence-electron chi connectivity index (χ3n) is 24.4. The highest BCUT2D eigenvalue weighted by molar-refractivity contribution is 6.26. The van der Waals surface area contributed by atoms with Gasteiger partial charge in [-0.25, -0.2) is 19.9 Å². The Balaban J connectivity index is 0.000000144. The number of fused-ring (bicyclic) bond motifs is 4. The average molecular weight is 2060 g/mol.